The third-order valence-electron chi connectivity index (χ3n) is 3.74. The van der Waals surface area contributed by atoms with Gasteiger partial charge in [0.25, 0.3) is 0 Å². The van der Waals surface area contributed by atoms with E-state index in [1.54, 1.807) is 14.2 Å². The molecule has 2 unspecified atom stereocenters. The van der Waals surface area contributed by atoms with Crippen LogP contribution in [-0.2, 0) is 11.3 Å². The normalized spacial score (nSPS) is 26.3. The molecule has 1 aliphatic heterocycles. The van der Waals surface area contributed by atoms with Crippen molar-refractivity contribution in [1.29, 1.82) is 0 Å². The Labute approximate surface area is 121 Å². The van der Waals surface area contributed by atoms with E-state index in [9.17, 15) is 0 Å². The molecule has 1 N–H and O–H groups in total. The zero-order valence-electron chi connectivity index (χ0n) is 12.8. The molecular formula is C16H25NO3. The average Bonchev–Trinajstić information content (AvgIpc) is 2.43. The first-order valence-corrected chi connectivity index (χ1v) is 7.22. The zero-order valence-corrected chi connectivity index (χ0v) is 12.8. The van der Waals surface area contributed by atoms with Crippen molar-refractivity contribution in [3.63, 3.8) is 0 Å². The second kappa shape index (κ2) is 6.95. The lowest BCUT2D eigenvalue weighted by atomic mass is 9.99. The molecule has 1 aromatic carbocycles. The summed E-state index contributed by atoms with van der Waals surface area (Å²) in [6, 6.07) is 6.56. The van der Waals surface area contributed by atoms with Crippen LogP contribution < -0.4 is 14.8 Å². The van der Waals surface area contributed by atoms with Gasteiger partial charge in [0.05, 0.1) is 26.4 Å². The molecular weight excluding hydrogens is 254 g/mol. The van der Waals surface area contributed by atoms with Crippen LogP contribution in [0.5, 0.6) is 11.5 Å². The van der Waals surface area contributed by atoms with Gasteiger partial charge in [-0.1, -0.05) is 6.07 Å². The summed E-state index contributed by atoms with van der Waals surface area (Å²) in [7, 11) is 3.32. The molecule has 112 valence electrons. The van der Waals surface area contributed by atoms with Crippen molar-refractivity contribution >= 4 is 0 Å². The minimum atomic E-state index is 0.335. The number of hydrogen-bond acceptors (Lipinski definition) is 4. The molecule has 2 atom stereocenters. The van der Waals surface area contributed by atoms with Gasteiger partial charge in [0.1, 0.15) is 0 Å². The highest BCUT2D eigenvalue weighted by Gasteiger charge is 2.23. The smallest absolute Gasteiger partial charge is 0.161 e. The van der Waals surface area contributed by atoms with Crippen LogP contribution >= 0.6 is 0 Å². The highest BCUT2D eigenvalue weighted by molar-refractivity contribution is 5.42. The number of ether oxygens (including phenoxy) is 3. The summed E-state index contributed by atoms with van der Waals surface area (Å²) >= 11 is 0. The van der Waals surface area contributed by atoms with Crippen LogP contribution in [0.3, 0.4) is 0 Å². The van der Waals surface area contributed by atoms with Gasteiger partial charge >= 0.3 is 0 Å². The Morgan fingerprint density at radius 1 is 1.10 bits per heavy atom. The molecule has 4 heteroatoms. The Hall–Kier alpha value is -1.26. The van der Waals surface area contributed by atoms with Crippen LogP contribution in [0.1, 0.15) is 32.3 Å². The van der Waals surface area contributed by atoms with E-state index >= 15 is 0 Å². The summed E-state index contributed by atoms with van der Waals surface area (Å²) in [4.78, 5) is 0. The first-order valence-electron chi connectivity index (χ1n) is 7.22. The predicted octanol–water partition coefficient (Wildman–Crippen LogP) is 2.75. The molecule has 0 bridgehead atoms. The van der Waals surface area contributed by atoms with Crippen LogP contribution in [0, 0.1) is 0 Å². The molecule has 0 spiro atoms. The SMILES string of the molecule is COc1ccc(CNC2CC(C)OC(C)C2)cc1OC. The van der Waals surface area contributed by atoms with Gasteiger partial charge in [-0.2, -0.15) is 0 Å². The second-order valence-electron chi connectivity index (χ2n) is 5.50. The van der Waals surface area contributed by atoms with Crippen molar-refractivity contribution in [2.45, 2.75) is 51.5 Å². The number of methoxy groups -OCH3 is 2. The lowest BCUT2D eigenvalue weighted by Crippen LogP contribution is -2.40. The summed E-state index contributed by atoms with van der Waals surface area (Å²) < 4.78 is 16.3. The first-order chi connectivity index (χ1) is 9.62. The lowest BCUT2D eigenvalue weighted by Gasteiger charge is -2.32. The van der Waals surface area contributed by atoms with E-state index < -0.39 is 0 Å². The maximum Gasteiger partial charge on any atom is 0.161 e. The zero-order chi connectivity index (χ0) is 14.5. The molecule has 0 aliphatic carbocycles. The van der Waals surface area contributed by atoms with Crippen molar-refractivity contribution in [2.75, 3.05) is 14.2 Å². The minimum Gasteiger partial charge on any atom is -0.493 e. The largest absolute Gasteiger partial charge is 0.493 e. The maximum atomic E-state index is 5.76. The van der Waals surface area contributed by atoms with E-state index in [1.807, 2.05) is 12.1 Å². The topological polar surface area (TPSA) is 39.7 Å². The Bertz CT molecular complexity index is 426. The summed E-state index contributed by atoms with van der Waals surface area (Å²) in [5, 5.41) is 3.61. The summed E-state index contributed by atoms with van der Waals surface area (Å²) in [5.41, 5.74) is 1.20. The Kier molecular flexibility index (Phi) is 5.26. The molecule has 0 amide bonds. The molecule has 1 aromatic rings. The molecule has 0 aromatic heterocycles. The van der Waals surface area contributed by atoms with E-state index in [-0.39, 0.29) is 0 Å². The quantitative estimate of drug-likeness (QED) is 0.899. The molecule has 0 saturated carbocycles. The van der Waals surface area contributed by atoms with Crippen LogP contribution in [0.15, 0.2) is 18.2 Å². The van der Waals surface area contributed by atoms with E-state index in [0.717, 1.165) is 30.9 Å². The molecule has 1 fully saturated rings. The van der Waals surface area contributed by atoms with Crippen molar-refractivity contribution in [3.8, 4) is 11.5 Å². The van der Waals surface area contributed by atoms with Gasteiger partial charge in [0.15, 0.2) is 11.5 Å². The summed E-state index contributed by atoms with van der Waals surface area (Å²) in [5.74, 6) is 1.55. The highest BCUT2D eigenvalue weighted by atomic mass is 16.5. The highest BCUT2D eigenvalue weighted by Crippen LogP contribution is 2.27. The Morgan fingerprint density at radius 2 is 1.75 bits per heavy atom. The number of hydrogen-bond donors (Lipinski definition) is 1. The molecule has 2 rings (SSSR count). The average molecular weight is 279 g/mol. The summed E-state index contributed by atoms with van der Waals surface area (Å²) in [6.07, 6.45) is 2.80. The number of nitrogens with one attached hydrogen (secondary N) is 1. The fourth-order valence-electron chi connectivity index (χ4n) is 2.82. The van der Waals surface area contributed by atoms with Gasteiger partial charge in [-0.15, -0.1) is 0 Å². The maximum absolute atomic E-state index is 5.76. The van der Waals surface area contributed by atoms with Crippen LogP contribution in [0.2, 0.25) is 0 Å². The molecule has 1 aliphatic rings. The summed E-state index contributed by atoms with van der Waals surface area (Å²) in [6.45, 7) is 5.12. The van der Waals surface area contributed by atoms with Crippen LogP contribution in [-0.4, -0.2) is 32.5 Å². The van der Waals surface area contributed by atoms with Gasteiger partial charge in [-0.3, -0.25) is 0 Å². The number of rotatable bonds is 5. The molecule has 0 radical (unpaired) electrons. The Balaban J connectivity index is 1.93. The molecule has 4 nitrogen and oxygen atoms in total. The van der Waals surface area contributed by atoms with Gasteiger partial charge in [0, 0.05) is 12.6 Å². The molecule has 20 heavy (non-hydrogen) atoms. The standard InChI is InChI=1S/C16H25NO3/c1-11-7-14(8-12(2)20-11)17-10-13-5-6-15(18-3)16(9-13)19-4/h5-6,9,11-12,14,17H,7-8,10H2,1-4H3. The van der Waals surface area contributed by atoms with Crippen molar-refractivity contribution in [2.24, 2.45) is 0 Å². The monoisotopic (exact) mass is 279 g/mol. The third-order valence-corrected chi connectivity index (χ3v) is 3.74. The van der Waals surface area contributed by atoms with Crippen LogP contribution in [0.25, 0.3) is 0 Å². The van der Waals surface area contributed by atoms with Gasteiger partial charge in [-0.25, -0.2) is 0 Å². The minimum absolute atomic E-state index is 0.335. The fraction of sp³-hybridized carbons (Fsp3) is 0.625. The predicted molar refractivity (Wildman–Crippen MR) is 79.4 cm³/mol. The third kappa shape index (κ3) is 3.87. The lowest BCUT2D eigenvalue weighted by molar-refractivity contribution is -0.0422. The fourth-order valence-corrected chi connectivity index (χ4v) is 2.82. The van der Waals surface area contributed by atoms with Crippen molar-refractivity contribution in [1.82, 2.24) is 5.32 Å². The van der Waals surface area contributed by atoms with E-state index in [0.29, 0.717) is 18.2 Å². The molecule has 1 saturated heterocycles. The van der Waals surface area contributed by atoms with Crippen LogP contribution in [0.4, 0.5) is 0 Å². The van der Waals surface area contributed by atoms with E-state index in [2.05, 4.69) is 25.2 Å². The van der Waals surface area contributed by atoms with E-state index in [1.165, 1.54) is 5.56 Å². The van der Waals surface area contributed by atoms with Gasteiger partial charge in [-0.05, 0) is 44.4 Å². The number of benzene rings is 1. The molecule has 1 heterocycles. The second-order valence-corrected chi connectivity index (χ2v) is 5.50. The van der Waals surface area contributed by atoms with Crippen molar-refractivity contribution < 1.29 is 14.2 Å². The van der Waals surface area contributed by atoms with Crippen molar-refractivity contribution in [3.05, 3.63) is 23.8 Å². The Morgan fingerprint density at radius 3 is 2.35 bits per heavy atom. The first kappa shape index (κ1) is 15.1. The van der Waals surface area contributed by atoms with E-state index in [4.69, 9.17) is 14.2 Å². The van der Waals surface area contributed by atoms with Gasteiger partial charge < -0.3 is 19.5 Å². The van der Waals surface area contributed by atoms with Gasteiger partial charge in [0.2, 0.25) is 0 Å².